The summed E-state index contributed by atoms with van der Waals surface area (Å²) in [5.41, 5.74) is 1.50. The van der Waals surface area contributed by atoms with Crippen LogP contribution in [0.3, 0.4) is 0 Å². The quantitative estimate of drug-likeness (QED) is 0.300. The van der Waals surface area contributed by atoms with Gasteiger partial charge in [-0.15, -0.1) is 0 Å². The molecule has 4 heteroatoms. The minimum atomic E-state index is 0. The summed E-state index contributed by atoms with van der Waals surface area (Å²) in [5, 5.41) is 0. The van der Waals surface area contributed by atoms with E-state index in [9.17, 15) is 4.79 Å². The zero-order valence-electron chi connectivity index (χ0n) is 14.8. The SMILES string of the molecule is CCCCCCCCOc1ccc(CC(=O)c2ccccc2)nc1.[Cu+2]. The predicted molar refractivity (Wildman–Crippen MR) is 97.6 cm³/mol. The predicted octanol–water partition coefficient (Wildman–Crippen LogP) is 5.24. The maximum absolute atomic E-state index is 12.1. The van der Waals surface area contributed by atoms with Crippen molar-refractivity contribution in [3.8, 4) is 5.75 Å². The van der Waals surface area contributed by atoms with E-state index in [2.05, 4.69) is 11.9 Å². The van der Waals surface area contributed by atoms with Gasteiger partial charge < -0.3 is 4.74 Å². The Labute approximate surface area is 161 Å². The van der Waals surface area contributed by atoms with E-state index < -0.39 is 0 Å². The number of rotatable bonds is 11. The summed E-state index contributed by atoms with van der Waals surface area (Å²) in [6, 6.07) is 13.1. The Bertz CT molecular complexity index is 599. The van der Waals surface area contributed by atoms with Gasteiger partial charge in [-0.2, -0.15) is 0 Å². The van der Waals surface area contributed by atoms with E-state index >= 15 is 0 Å². The maximum atomic E-state index is 12.1. The number of hydrogen-bond acceptors (Lipinski definition) is 3. The standard InChI is InChI=1S/C21H27NO2.Cu/c1-2-3-4-5-6-10-15-24-20-14-13-19(22-17-20)16-21(23)18-11-8-7-9-12-18;/h7-9,11-14,17H,2-6,10,15-16H2,1H3;/q;+2. The number of hydrogen-bond donors (Lipinski definition) is 0. The first kappa shape index (κ1) is 21.4. The largest absolute Gasteiger partial charge is 2.00 e. The van der Waals surface area contributed by atoms with Crippen LogP contribution in [0.1, 0.15) is 61.5 Å². The summed E-state index contributed by atoms with van der Waals surface area (Å²) < 4.78 is 5.71. The fraction of sp³-hybridized carbons (Fsp3) is 0.429. The van der Waals surface area contributed by atoms with E-state index in [4.69, 9.17) is 4.74 Å². The molecule has 0 amide bonds. The fourth-order valence-corrected chi connectivity index (χ4v) is 2.56. The van der Waals surface area contributed by atoms with Gasteiger partial charge in [0.25, 0.3) is 0 Å². The minimum absolute atomic E-state index is 0. The number of carbonyl (C=O) groups excluding carboxylic acids is 1. The van der Waals surface area contributed by atoms with E-state index in [1.807, 2.05) is 42.5 Å². The molecule has 2 aromatic rings. The molecule has 0 bridgehead atoms. The summed E-state index contributed by atoms with van der Waals surface area (Å²) in [7, 11) is 0. The third kappa shape index (κ3) is 8.33. The van der Waals surface area contributed by atoms with Crippen molar-refractivity contribution in [3.63, 3.8) is 0 Å². The summed E-state index contributed by atoms with van der Waals surface area (Å²) in [6.07, 6.45) is 9.55. The van der Waals surface area contributed by atoms with Crippen molar-refractivity contribution < 1.29 is 26.6 Å². The second kappa shape index (κ2) is 12.7. The molecule has 0 saturated heterocycles. The van der Waals surface area contributed by atoms with Crippen molar-refractivity contribution >= 4 is 5.78 Å². The number of ether oxygens (including phenoxy) is 1. The van der Waals surface area contributed by atoms with Gasteiger partial charge in [-0.25, -0.2) is 0 Å². The van der Waals surface area contributed by atoms with Crippen molar-refractivity contribution in [2.24, 2.45) is 0 Å². The number of aromatic nitrogens is 1. The van der Waals surface area contributed by atoms with Gasteiger partial charge in [0.1, 0.15) is 5.75 Å². The number of Topliss-reactive ketones (excluding diaryl/α,β-unsaturated/α-hetero) is 1. The van der Waals surface area contributed by atoms with Gasteiger partial charge in [-0.1, -0.05) is 69.4 Å². The molecule has 0 aliphatic heterocycles. The van der Waals surface area contributed by atoms with Crippen LogP contribution in [0, 0.1) is 0 Å². The molecule has 0 fully saturated rings. The normalized spacial score (nSPS) is 10.1. The smallest absolute Gasteiger partial charge is 0.492 e. The summed E-state index contributed by atoms with van der Waals surface area (Å²) in [5.74, 6) is 0.864. The molecule has 0 spiro atoms. The molecule has 1 aromatic carbocycles. The monoisotopic (exact) mass is 388 g/mol. The van der Waals surface area contributed by atoms with E-state index in [1.165, 1.54) is 32.1 Å². The maximum Gasteiger partial charge on any atom is 2.00 e. The number of ketones is 1. The van der Waals surface area contributed by atoms with Gasteiger partial charge in [-0.05, 0) is 18.6 Å². The molecule has 1 aromatic heterocycles. The minimum Gasteiger partial charge on any atom is -0.492 e. The molecular formula is C21H27CuNO2+2. The third-order valence-corrected chi connectivity index (χ3v) is 4.00. The second-order valence-corrected chi connectivity index (χ2v) is 6.07. The summed E-state index contributed by atoms with van der Waals surface area (Å²) >= 11 is 0. The molecule has 1 radical (unpaired) electrons. The topological polar surface area (TPSA) is 39.2 Å². The average Bonchev–Trinajstić information content (AvgIpc) is 2.63. The van der Waals surface area contributed by atoms with Crippen molar-refractivity contribution in [2.75, 3.05) is 6.61 Å². The Morgan fingerprint density at radius 2 is 1.68 bits per heavy atom. The van der Waals surface area contributed by atoms with Crippen molar-refractivity contribution in [2.45, 2.75) is 51.9 Å². The van der Waals surface area contributed by atoms with Gasteiger partial charge in [-0.3, -0.25) is 9.78 Å². The number of benzene rings is 1. The number of pyridine rings is 1. The molecule has 0 atom stereocenters. The third-order valence-electron chi connectivity index (χ3n) is 4.00. The van der Waals surface area contributed by atoms with E-state index in [-0.39, 0.29) is 22.9 Å². The van der Waals surface area contributed by atoms with Crippen LogP contribution in [0.25, 0.3) is 0 Å². The van der Waals surface area contributed by atoms with Gasteiger partial charge in [0.15, 0.2) is 5.78 Å². The molecule has 25 heavy (non-hydrogen) atoms. The first-order valence-corrected chi connectivity index (χ1v) is 8.95. The van der Waals surface area contributed by atoms with Crippen LogP contribution < -0.4 is 4.74 Å². The van der Waals surface area contributed by atoms with Crippen molar-refractivity contribution in [3.05, 3.63) is 59.9 Å². The molecule has 0 N–H and O–H groups in total. The second-order valence-electron chi connectivity index (χ2n) is 6.07. The Balaban J connectivity index is 0.00000312. The molecule has 0 aliphatic carbocycles. The van der Waals surface area contributed by atoms with E-state index in [0.717, 1.165) is 30.0 Å². The first-order valence-electron chi connectivity index (χ1n) is 8.95. The molecule has 137 valence electrons. The van der Waals surface area contributed by atoms with Crippen LogP contribution in [0.5, 0.6) is 5.75 Å². The van der Waals surface area contributed by atoms with Gasteiger partial charge in [0.2, 0.25) is 0 Å². The Kier molecular flexibility index (Phi) is 10.9. The Morgan fingerprint density at radius 3 is 2.36 bits per heavy atom. The summed E-state index contributed by atoms with van der Waals surface area (Å²) in [6.45, 7) is 2.96. The zero-order chi connectivity index (χ0) is 17.0. The van der Waals surface area contributed by atoms with Crippen LogP contribution in [0.4, 0.5) is 0 Å². The van der Waals surface area contributed by atoms with Gasteiger partial charge in [0.05, 0.1) is 19.2 Å². The van der Waals surface area contributed by atoms with Crippen LogP contribution in [0.2, 0.25) is 0 Å². The van der Waals surface area contributed by atoms with Crippen molar-refractivity contribution in [1.29, 1.82) is 0 Å². The van der Waals surface area contributed by atoms with Gasteiger partial charge in [0, 0.05) is 11.3 Å². The number of carbonyl (C=O) groups is 1. The Morgan fingerprint density at radius 1 is 0.960 bits per heavy atom. The fourth-order valence-electron chi connectivity index (χ4n) is 2.56. The molecule has 0 aliphatic rings. The van der Waals surface area contributed by atoms with Crippen LogP contribution >= 0.6 is 0 Å². The van der Waals surface area contributed by atoms with Crippen LogP contribution in [-0.2, 0) is 23.5 Å². The summed E-state index contributed by atoms with van der Waals surface area (Å²) in [4.78, 5) is 16.5. The molecule has 2 rings (SSSR count). The molecule has 1 heterocycles. The average molecular weight is 389 g/mol. The zero-order valence-corrected chi connectivity index (χ0v) is 15.8. The van der Waals surface area contributed by atoms with E-state index in [0.29, 0.717) is 6.42 Å². The Hall–Kier alpha value is -1.64. The molecule has 3 nitrogen and oxygen atoms in total. The van der Waals surface area contributed by atoms with Gasteiger partial charge >= 0.3 is 17.1 Å². The number of nitrogens with zero attached hydrogens (tertiary/aromatic N) is 1. The van der Waals surface area contributed by atoms with Crippen LogP contribution in [0.15, 0.2) is 48.7 Å². The number of unbranched alkanes of at least 4 members (excludes halogenated alkanes) is 5. The molecular weight excluding hydrogens is 362 g/mol. The molecule has 0 saturated carbocycles. The van der Waals surface area contributed by atoms with E-state index in [1.54, 1.807) is 6.20 Å². The first-order chi connectivity index (χ1) is 11.8. The van der Waals surface area contributed by atoms with Crippen LogP contribution in [-0.4, -0.2) is 17.4 Å². The van der Waals surface area contributed by atoms with Crippen molar-refractivity contribution in [1.82, 2.24) is 4.98 Å². The molecule has 0 unspecified atom stereocenters.